The molecule has 0 spiro atoms. The lowest BCUT2D eigenvalue weighted by molar-refractivity contribution is 0.587. The third-order valence-electron chi connectivity index (χ3n) is 2.23. The molecule has 70 valence electrons. The summed E-state index contributed by atoms with van der Waals surface area (Å²) in [5.41, 5.74) is 0.967. The van der Waals surface area contributed by atoms with Gasteiger partial charge < -0.3 is 0 Å². The van der Waals surface area contributed by atoms with Crippen LogP contribution in [-0.4, -0.2) is 14.2 Å². The molecule has 2 rings (SSSR count). The molecule has 0 aliphatic carbocycles. The summed E-state index contributed by atoms with van der Waals surface area (Å²) in [5.74, 6) is 0.289. The van der Waals surface area contributed by atoms with E-state index in [9.17, 15) is 8.42 Å². The third-order valence-corrected chi connectivity index (χ3v) is 5.34. The van der Waals surface area contributed by atoms with Gasteiger partial charge in [0, 0.05) is 3.92 Å². The first-order valence-corrected chi connectivity index (χ1v) is 6.97. The van der Waals surface area contributed by atoms with E-state index in [0.717, 1.165) is 12.0 Å². The summed E-state index contributed by atoms with van der Waals surface area (Å²) >= 11 is 2.30. The minimum Gasteiger partial charge on any atom is -0.224 e. The largest absolute Gasteiger partial charge is 0.224 e. The van der Waals surface area contributed by atoms with E-state index in [1.165, 1.54) is 0 Å². The van der Waals surface area contributed by atoms with Crippen LogP contribution in [0.3, 0.4) is 0 Å². The van der Waals surface area contributed by atoms with E-state index in [2.05, 4.69) is 22.6 Å². The maximum absolute atomic E-state index is 11.6. The van der Waals surface area contributed by atoms with Crippen LogP contribution in [0, 0.1) is 0 Å². The molecule has 1 aliphatic heterocycles. The Labute approximate surface area is 91.4 Å². The van der Waals surface area contributed by atoms with Gasteiger partial charge in [-0.3, -0.25) is 0 Å². The maximum atomic E-state index is 11.6. The van der Waals surface area contributed by atoms with Crippen molar-refractivity contribution in [3.05, 3.63) is 29.8 Å². The van der Waals surface area contributed by atoms with Crippen molar-refractivity contribution in [1.29, 1.82) is 0 Å². The lowest BCUT2D eigenvalue weighted by atomic mass is 10.1. The van der Waals surface area contributed by atoms with Crippen molar-refractivity contribution in [3.8, 4) is 0 Å². The molecule has 2 nitrogen and oxygen atoms in total. The standard InChI is InChI=1S/C9H9IO2S/c10-8-5-6-13(11,12)9-4-2-1-3-7(8)9/h1-4,8H,5-6H2. The Balaban J connectivity index is 2.68. The van der Waals surface area contributed by atoms with Crippen molar-refractivity contribution in [1.82, 2.24) is 0 Å². The van der Waals surface area contributed by atoms with Crippen LogP contribution in [0.15, 0.2) is 29.2 Å². The van der Waals surface area contributed by atoms with Crippen LogP contribution in [0.5, 0.6) is 0 Å². The van der Waals surface area contributed by atoms with Crippen molar-refractivity contribution in [2.75, 3.05) is 5.75 Å². The Kier molecular flexibility index (Phi) is 2.35. The Morgan fingerprint density at radius 3 is 2.69 bits per heavy atom. The molecule has 0 bridgehead atoms. The van der Waals surface area contributed by atoms with Gasteiger partial charge in [-0.1, -0.05) is 40.8 Å². The van der Waals surface area contributed by atoms with Gasteiger partial charge in [0.05, 0.1) is 10.6 Å². The van der Waals surface area contributed by atoms with E-state index in [4.69, 9.17) is 0 Å². The highest BCUT2D eigenvalue weighted by molar-refractivity contribution is 14.1. The predicted octanol–water partition coefficient (Wildman–Crippen LogP) is 2.34. The summed E-state index contributed by atoms with van der Waals surface area (Å²) in [5, 5.41) is 0. The highest BCUT2D eigenvalue weighted by atomic mass is 127. The molecule has 0 aromatic heterocycles. The van der Waals surface area contributed by atoms with Crippen molar-refractivity contribution in [2.24, 2.45) is 0 Å². The first kappa shape index (κ1) is 9.45. The lowest BCUT2D eigenvalue weighted by Gasteiger charge is -2.20. The van der Waals surface area contributed by atoms with Gasteiger partial charge in [0.15, 0.2) is 9.84 Å². The fraction of sp³-hybridized carbons (Fsp3) is 0.333. The molecule has 1 atom stereocenters. The van der Waals surface area contributed by atoms with Gasteiger partial charge in [0.1, 0.15) is 0 Å². The van der Waals surface area contributed by atoms with Gasteiger partial charge in [-0.15, -0.1) is 0 Å². The van der Waals surface area contributed by atoms with Crippen LogP contribution >= 0.6 is 22.6 Å². The quantitative estimate of drug-likeness (QED) is 0.544. The fourth-order valence-electron chi connectivity index (χ4n) is 1.55. The molecule has 0 N–H and O–H groups in total. The summed E-state index contributed by atoms with van der Waals surface area (Å²) in [4.78, 5) is 0.528. The normalized spacial score (nSPS) is 25.2. The maximum Gasteiger partial charge on any atom is 0.178 e. The van der Waals surface area contributed by atoms with Crippen LogP contribution in [0.25, 0.3) is 0 Å². The smallest absolute Gasteiger partial charge is 0.178 e. The number of halogens is 1. The van der Waals surface area contributed by atoms with Gasteiger partial charge in [0.25, 0.3) is 0 Å². The van der Waals surface area contributed by atoms with Crippen LogP contribution < -0.4 is 0 Å². The van der Waals surface area contributed by atoms with E-state index in [1.807, 2.05) is 12.1 Å². The zero-order valence-electron chi connectivity index (χ0n) is 6.90. The summed E-state index contributed by atoms with van der Waals surface area (Å²) in [6.07, 6.45) is 0.736. The van der Waals surface area contributed by atoms with Gasteiger partial charge >= 0.3 is 0 Å². The van der Waals surface area contributed by atoms with Crippen LogP contribution in [-0.2, 0) is 9.84 Å². The molecule has 1 heterocycles. The topological polar surface area (TPSA) is 34.1 Å². The number of hydrogen-bond acceptors (Lipinski definition) is 2. The number of hydrogen-bond donors (Lipinski definition) is 0. The average molecular weight is 308 g/mol. The lowest BCUT2D eigenvalue weighted by Crippen LogP contribution is -2.17. The number of alkyl halides is 1. The Bertz CT molecular complexity index is 425. The van der Waals surface area contributed by atoms with Crippen molar-refractivity contribution >= 4 is 32.4 Å². The zero-order chi connectivity index (χ0) is 9.47. The predicted molar refractivity (Wildman–Crippen MR) is 59.9 cm³/mol. The number of fused-ring (bicyclic) bond motifs is 1. The van der Waals surface area contributed by atoms with Crippen LogP contribution in [0.2, 0.25) is 0 Å². The van der Waals surface area contributed by atoms with Crippen LogP contribution in [0.4, 0.5) is 0 Å². The highest BCUT2D eigenvalue weighted by Crippen LogP contribution is 2.37. The van der Waals surface area contributed by atoms with Crippen molar-refractivity contribution in [3.63, 3.8) is 0 Å². The molecular weight excluding hydrogens is 299 g/mol. The molecule has 4 heteroatoms. The Morgan fingerprint density at radius 2 is 2.00 bits per heavy atom. The average Bonchev–Trinajstić information content (AvgIpc) is 2.13. The summed E-state index contributed by atoms with van der Waals surface area (Å²) in [6.45, 7) is 0. The second kappa shape index (κ2) is 3.24. The first-order chi connectivity index (χ1) is 6.11. The van der Waals surface area contributed by atoms with Gasteiger partial charge in [0.2, 0.25) is 0 Å². The monoisotopic (exact) mass is 308 g/mol. The minimum absolute atomic E-state index is 0.289. The van der Waals surface area contributed by atoms with Crippen molar-refractivity contribution in [2.45, 2.75) is 15.2 Å². The van der Waals surface area contributed by atoms with E-state index in [-0.39, 0.29) is 5.75 Å². The molecule has 1 aromatic carbocycles. The summed E-state index contributed by atoms with van der Waals surface area (Å²) < 4.78 is 23.6. The molecule has 13 heavy (non-hydrogen) atoms. The SMILES string of the molecule is O=S1(=O)CCC(I)c2ccccc21. The van der Waals surface area contributed by atoms with Gasteiger partial charge in [-0.2, -0.15) is 0 Å². The summed E-state index contributed by atoms with van der Waals surface area (Å²) in [7, 11) is -2.98. The molecule has 0 saturated heterocycles. The second-order valence-electron chi connectivity index (χ2n) is 3.11. The molecule has 1 aromatic rings. The molecule has 0 saturated carbocycles. The van der Waals surface area contributed by atoms with E-state index < -0.39 is 9.84 Å². The third kappa shape index (κ3) is 1.61. The highest BCUT2D eigenvalue weighted by Gasteiger charge is 2.27. The number of rotatable bonds is 0. The van der Waals surface area contributed by atoms with Crippen LogP contribution in [0.1, 0.15) is 15.9 Å². The Hall–Kier alpha value is -0.100. The Morgan fingerprint density at radius 1 is 1.31 bits per heavy atom. The van der Waals surface area contributed by atoms with Gasteiger partial charge in [-0.25, -0.2) is 8.42 Å². The molecular formula is C9H9IO2S. The zero-order valence-corrected chi connectivity index (χ0v) is 9.88. The molecule has 0 amide bonds. The number of sulfone groups is 1. The molecule has 1 unspecified atom stereocenters. The molecule has 0 radical (unpaired) electrons. The summed E-state index contributed by atoms with van der Waals surface area (Å²) in [6, 6.07) is 7.29. The fourth-order valence-corrected chi connectivity index (χ4v) is 4.66. The van der Waals surface area contributed by atoms with E-state index in [1.54, 1.807) is 12.1 Å². The van der Waals surface area contributed by atoms with E-state index in [0.29, 0.717) is 8.82 Å². The van der Waals surface area contributed by atoms with Gasteiger partial charge in [-0.05, 0) is 18.1 Å². The van der Waals surface area contributed by atoms with E-state index >= 15 is 0 Å². The number of benzene rings is 1. The van der Waals surface area contributed by atoms with Crippen molar-refractivity contribution < 1.29 is 8.42 Å². The minimum atomic E-state index is -2.98. The molecule has 0 fully saturated rings. The second-order valence-corrected chi connectivity index (χ2v) is 6.69. The first-order valence-electron chi connectivity index (χ1n) is 4.07. The molecule has 1 aliphatic rings.